The van der Waals surface area contributed by atoms with Gasteiger partial charge in [-0.15, -0.1) is 0 Å². The van der Waals surface area contributed by atoms with E-state index >= 15 is 0 Å². The molecule has 0 spiro atoms. The van der Waals surface area contributed by atoms with E-state index in [2.05, 4.69) is 5.32 Å². The van der Waals surface area contributed by atoms with Crippen LogP contribution in [-0.2, 0) is 11.3 Å². The number of phenols is 1. The van der Waals surface area contributed by atoms with Gasteiger partial charge in [0.1, 0.15) is 0 Å². The van der Waals surface area contributed by atoms with E-state index in [-0.39, 0.29) is 11.9 Å². The number of aromatic hydroxyl groups is 1. The van der Waals surface area contributed by atoms with E-state index in [9.17, 15) is 5.11 Å². The highest BCUT2D eigenvalue weighted by molar-refractivity contribution is 6.30. The Labute approximate surface area is 113 Å². The molecule has 0 aliphatic heterocycles. The van der Waals surface area contributed by atoms with Crippen LogP contribution in [0.5, 0.6) is 11.5 Å². The third-order valence-corrected chi connectivity index (χ3v) is 2.76. The number of hydrogen-bond acceptors (Lipinski definition) is 4. The van der Waals surface area contributed by atoms with Gasteiger partial charge in [-0.1, -0.05) is 11.6 Å². The van der Waals surface area contributed by atoms with Crippen LogP contribution in [0.25, 0.3) is 0 Å². The largest absolute Gasteiger partial charge is 0.504 e. The van der Waals surface area contributed by atoms with Crippen molar-refractivity contribution < 1.29 is 14.6 Å². The van der Waals surface area contributed by atoms with Crippen LogP contribution < -0.4 is 10.1 Å². The molecule has 0 aliphatic carbocycles. The predicted octanol–water partition coefficient (Wildman–Crippen LogP) is 2.57. The first-order valence-electron chi connectivity index (χ1n) is 5.96. The van der Waals surface area contributed by atoms with E-state index in [0.29, 0.717) is 36.0 Å². The first-order valence-corrected chi connectivity index (χ1v) is 6.34. The molecule has 4 nitrogen and oxygen atoms in total. The van der Waals surface area contributed by atoms with E-state index in [1.54, 1.807) is 12.1 Å². The topological polar surface area (TPSA) is 50.7 Å². The standard InChI is InChI=1S/C13H20ClNO3/c1-4-18-9(2)7-15-8-10-5-11(14)6-12(17-3)13(10)16/h5-6,9,15-16H,4,7-8H2,1-3H3. The Morgan fingerprint density at radius 3 is 2.78 bits per heavy atom. The van der Waals surface area contributed by atoms with Crippen molar-refractivity contribution in [3.63, 3.8) is 0 Å². The molecule has 5 heteroatoms. The number of ether oxygens (including phenoxy) is 2. The van der Waals surface area contributed by atoms with Crippen LogP contribution in [0.1, 0.15) is 19.4 Å². The summed E-state index contributed by atoms with van der Waals surface area (Å²) >= 11 is 5.95. The molecule has 0 heterocycles. The molecule has 2 N–H and O–H groups in total. The summed E-state index contributed by atoms with van der Waals surface area (Å²) in [5.74, 6) is 0.510. The van der Waals surface area contributed by atoms with E-state index in [1.807, 2.05) is 13.8 Å². The molecule has 1 atom stereocenters. The lowest BCUT2D eigenvalue weighted by Crippen LogP contribution is -2.26. The zero-order valence-electron chi connectivity index (χ0n) is 11.0. The van der Waals surface area contributed by atoms with E-state index in [0.717, 1.165) is 0 Å². The summed E-state index contributed by atoms with van der Waals surface area (Å²) in [7, 11) is 1.50. The predicted molar refractivity (Wildman–Crippen MR) is 72.5 cm³/mol. The lowest BCUT2D eigenvalue weighted by Gasteiger charge is -2.14. The van der Waals surface area contributed by atoms with Gasteiger partial charge in [0.15, 0.2) is 11.5 Å². The van der Waals surface area contributed by atoms with Crippen molar-refractivity contribution in [2.45, 2.75) is 26.5 Å². The molecule has 102 valence electrons. The number of halogens is 1. The lowest BCUT2D eigenvalue weighted by atomic mass is 10.2. The summed E-state index contributed by atoms with van der Waals surface area (Å²) in [6, 6.07) is 3.31. The van der Waals surface area contributed by atoms with Crippen LogP contribution in [0.3, 0.4) is 0 Å². The third-order valence-electron chi connectivity index (χ3n) is 2.54. The second kappa shape index (κ2) is 7.46. The molecule has 1 aromatic carbocycles. The molecule has 1 rings (SSSR count). The maximum absolute atomic E-state index is 9.93. The van der Waals surface area contributed by atoms with Crippen LogP contribution in [0.4, 0.5) is 0 Å². The highest BCUT2D eigenvalue weighted by Crippen LogP contribution is 2.33. The average molecular weight is 274 g/mol. The van der Waals surface area contributed by atoms with Crippen LogP contribution >= 0.6 is 11.6 Å². The molecule has 0 saturated carbocycles. The Balaban J connectivity index is 2.59. The first-order chi connectivity index (χ1) is 8.58. The van der Waals surface area contributed by atoms with Crippen molar-refractivity contribution in [3.8, 4) is 11.5 Å². The number of methoxy groups -OCH3 is 1. The number of benzene rings is 1. The van der Waals surface area contributed by atoms with Crippen molar-refractivity contribution in [3.05, 3.63) is 22.7 Å². The maximum Gasteiger partial charge on any atom is 0.162 e. The number of phenolic OH excluding ortho intramolecular Hbond substituents is 1. The van der Waals surface area contributed by atoms with Gasteiger partial charge in [-0.25, -0.2) is 0 Å². The van der Waals surface area contributed by atoms with E-state index < -0.39 is 0 Å². The minimum Gasteiger partial charge on any atom is -0.504 e. The highest BCUT2D eigenvalue weighted by atomic mass is 35.5. The Bertz CT molecular complexity index is 385. The fourth-order valence-electron chi connectivity index (χ4n) is 1.67. The molecule has 0 aliphatic rings. The van der Waals surface area contributed by atoms with Gasteiger partial charge in [0.25, 0.3) is 0 Å². The SMILES string of the molecule is CCOC(C)CNCc1cc(Cl)cc(OC)c1O. The summed E-state index contributed by atoms with van der Waals surface area (Å²) in [6.07, 6.45) is 0.137. The Morgan fingerprint density at radius 2 is 2.17 bits per heavy atom. The van der Waals surface area contributed by atoms with Crippen molar-refractivity contribution >= 4 is 11.6 Å². The second-order valence-corrected chi connectivity index (χ2v) is 4.45. The van der Waals surface area contributed by atoms with Crippen molar-refractivity contribution in [2.75, 3.05) is 20.3 Å². The minimum absolute atomic E-state index is 0.124. The minimum atomic E-state index is 0.124. The molecule has 1 unspecified atom stereocenters. The Hall–Kier alpha value is -0.970. The van der Waals surface area contributed by atoms with E-state index in [1.165, 1.54) is 7.11 Å². The van der Waals surface area contributed by atoms with E-state index in [4.69, 9.17) is 21.1 Å². The van der Waals surface area contributed by atoms with Gasteiger partial charge in [0.05, 0.1) is 13.2 Å². The molecule has 18 heavy (non-hydrogen) atoms. The number of hydrogen-bond donors (Lipinski definition) is 2. The van der Waals surface area contributed by atoms with Gasteiger partial charge >= 0.3 is 0 Å². The quantitative estimate of drug-likeness (QED) is 0.802. The second-order valence-electron chi connectivity index (χ2n) is 4.01. The normalized spacial score (nSPS) is 12.4. The third kappa shape index (κ3) is 4.37. The van der Waals surface area contributed by atoms with Crippen LogP contribution in [0, 0.1) is 0 Å². The summed E-state index contributed by atoms with van der Waals surface area (Å²) in [5, 5.41) is 13.7. The smallest absolute Gasteiger partial charge is 0.162 e. The van der Waals surface area contributed by atoms with Gasteiger partial charge in [-0.3, -0.25) is 0 Å². The molecule has 1 aromatic rings. The number of rotatable bonds is 7. The van der Waals surface area contributed by atoms with Crippen LogP contribution in [-0.4, -0.2) is 31.5 Å². The lowest BCUT2D eigenvalue weighted by molar-refractivity contribution is 0.0759. The zero-order chi connectivity index (χ0) is 13.5. The Morgan fingerprint density at radius 1 is 1.44 bits per heavy atom. The molecule has 0 amide bonds. The maximum atomic E-state index is 9.93. The van der Waals surface area contributed by atoms with Gasteiger partial charge in [-0.2, -0.15) is 0 Å². The molecular weight excluding hydrogens is 254 g/mol. The summed E-state index contributed by atoms with van der Waals surface area (Å²) in [6.45, 7) is 5.88. The molecular formula is C13H20ClNO3. The summed E-state index contributed by atoms with van der Waals surface area (Å²) in [4.78, 5) is 0. The van der Waals surface area contributed by atoms with Crippen molar-refractivity contribution in [1.29, 1.82) is 0 Å². The molecule has 0 saturated heterocycles. The molecule has 0 aromatic heterocycles. The highest BCUT2D eigenvalue weighted by Gasteiger charge is 2.10. The fourth-order valence-corrected chi connectivity index (χ4v) is 1.90. The average Bonchev–Trinajstić information content (AvgIpc) is 2.33. The first kappa shape index (κ1) is 15.1. The Kier molecular flexibility index (Phi) is 6.25. The van der Waals surface area contributed by atoms with Crippen LogP contribution in [0.2, 0.25) is 5.02 Å². The van der Waals surface area contributed by atoms with Gasteiger partial charge < -0.3 is 19.9 Å². The van der Waals surface area contributed by atoms with Gasteiger partial charge in [0, 0.05) is 36.3 Å². The monoisotopic (exact) mass is 273 g/mol. The molecule has 0 fully saturated rings. The molecule has 0 radical (unpaired) electrons. The zero-order valence-corrected chi connectivity index (χ0v) is 11.8. The fraction of sp³-hybridized carbons (Fsp3) is 0.538. The van der Waals surface area contributed by atoms with Gasteiger partial charge in [-0.05, 0) is 19.9 Å². The van der Waals surface area contributed by atoms with Gasteiger partial charge in [0.2, 0.25) is 0 Å². The van der Waals surface area contributed by atoms with Crippen LogP contribution in [0.15, 0.2) is 12.1 Å². The van der Waals surface area contributed by atoms with Crippen molar-refractivity contribution in [2.24, 2.45) is 0 Å². The molecule has 0 bridgehead atoms. The summed E-state index contributed by atoms with van der Waals surface area (Å²) < 4.78 is 10.4. The summed E-state index contributed by atoms with van der Waals surface area (Å²) in [5.41, 5.74) is 0.711. The van der Waals surface area contributed by atoms with Crippen molar-refractivity contribution in [1.82, 2.24) is 5.32 Å². The number of nitrogens with one attached hydrogen (secondary N) is 1.